The Balaban J connectivity index is 1.75. The number of nitrogens with one attached hydrogen (secondary N) is 1. The van der Waals surface area contributed by atoms with Crippen molar-refractivity contribution in [1.29, 1.82) is 0 Å². The van der Waals surface area contributed by atoms with Crippen LogP contribution in [0.1, 0.15) is 38.6 Å². The topological polar surface area (TPSA) is 49.9 Å². The number of carbonyl (C=O) groups excluding carboxylic acids is 2. The molecule has 1 atom stereocenters. The predicted molar refractivity (Wildman–Crippen MR) is 107 cm³/mol. The number of ketones is 2. The molecule has 0 unspecified atom stereocenters. The molecule has 0 fully saturated rings. The minimum absolute atomic E-state index is 0.0323. The zero-order chi connectivity index (χ0) is 18.6. The van der Waals surface area contributed by atoms with Crippen LogP contribution >= 0.6 is 0 Å². The molecular formula is C24H19NO2. The smallest absolute Gasteiger partial charge is 0.170 e. The summed E-state index contributed by atoms with van der Waals surface area (Å²) in [7, 11) is 0. The first-order valence-corrected chi connectivity index (χ1v) is 8.97. The second-order valence-electron chi connectivity index (χ2n) is 6.57. The summed E-state index contributed by atoms with van der Waals surface area (Å²) in [5.41, 5.74) is 3.08. The molecule has 1 heterocycles. The maximum Gasteiger partial charge on any atom is 0.170 e. The van der Waals surface area contributed by atoms with E-state index in [-0.39, 0.29) is 18.0 Å². The first kappa shape index (κ1) is 17.0. The highest BCUT2D eigenvalue weighted by atomic mass is 16.1. The second kappa shape index (κ2) is 7.42. The molecule has 0 aliphatic rings. The lowest BCUT2D eigenvalue weighted by atomic mass is 9.85. The predicted octanol–water partition coefficient (Wildman–Crippen LogP) is 5.41. The van der Waals surface area contributed by atoms with E-state index in [0.717, 1.165) is 16.5 Å². The average Bonchev–Trinajstić information content (AvgIpc) is 3.16. The highest BCUT2D eigenvalue weighted by Crippen LogP contribution is 2.32. The number of hydrogen-bond donors (Lipinski definition) is 1. The fourth-order valence-corrected chi connectivity index (χ4v) is 3.46. The van der Waals surface area contributed by atoms with Crippen LogP contribution in [0.15, 0.2) is 91.1 Å². The normalized spacial score (nSPS) is 12.0. The SMILES string of the molecule is O=C(C[C@H](C(=O)c1ccccc1)c1c[nH]c2ccccc12)c1ccccc1. The van der Waals surface area contributed by atoms with Crippen LogP contribution in [-0.4, -0.2) is 16.6 Å². The summed E-state index contributed by atoms with van der Waals surface area (Å²) in [4.78, 5) is 29.4. The number of Topliss-reactive ketones (excluding diaryl/α,β-unsaturated/α-hetero) is 2. The number of aromatic nitrogens is 1. The van der Waals surface area contributed by atoms with E-state index >= 15 is 0 Å². The molecular weight excluding hydrogens is 334 g/mol. The van der Waals surface area contributed by atoms with Crippen LogP contribution in [0.2, 0.25) is 0 Å². The molecule has 0 aliphatic heterocycles. The molecule has 0 amide bonds. The number of hydrogen-bond acceptors (Lipinski definition) is 2. The largest absolute Gasteiger partial charge is 0.361 e. The van der Waals surface area contributed by atoms with Gasteiger partial charge in [0.2, 0.25) is 0 Å². The minimum Gasteiger partial charge on any atom is -0.361 e. The summed E-state index contributed by atoms with van der Waals surface area (Å²) in [5, 5.41) is 0.979. The standard InChI is InChI=1S/C24H19NO2/c26-23(17-9-3-1-4-10-17)15-20(24(27)18-11-5-2-6-12-18)21-16-25-22-14-8-7-13-19(21)22/h1-14,16,20,25H,15H2/t20-/m0/s1. The third-order valence-electron chi connectivity index (χ3n) is 4.86. The lowest BCUT2D eigenvalue weighted by Crippen LogP contribution is -2.17. The zero-order valence-electron chi connectivity index (χ0n) is 14.8. The third-order valence-corrected chi connectivity index (χ3v) is 4.86. The van der Waals surface area contributed by atoms with E-state index in [2.05, 4.69) is 4.98 Å². The quantitative estimate of drug-likeness (QED) is 0.471. The van der Waals surface area contributed by atoms with E-state index in [1.165, 1.54) is 0 Å². The van der Waals surface area contributed by atoms with Gasteiger partial charge < -0.3 is 4.98 Å². The summed E-state index contributed by atoms with van der Waals surface area (Å²) < 4.78 is 0. The van der Waals surface area contributed by atoms with Crippen LogP contribution in [0.5, 0.6) is 0 Å². The Bertz CT molecular complexity index is 1080. The number of H-pyrrole nitrogens is 1. The summed E-state index contributed by atoms with van der Waals surface area (Å²) in [5.74, 6) is -0.601. The molecule has 0 aliphatic carbocycles. The van der Waals surface area contributed by atoms with Crippen LogP contribution in [0.25, 0.3) is 10.9 Å². The van der Waals surface area contributed by atoms with Gasteiger partial charge in [-0.25, -0.2) is 0 Å². The van der Waals surface area contributed by atoms with Gasteiger partial charge in [-0.1, -0.05) is 78.9 Å². The number of para-hydroxylation sites is 1. The molecule has 0 saturated heterocycles. The van der Waals surface area contributed by atoms with Gasteiger partial charge in [0.1, 0.15) is 0 Å². The highest BCUT2D eigenvalue weighted by molar-refractivity contribution is 6.07. The maximum atomic E-state index is 13.3. The fourth-order valence-electron chi connectivity index (χ4n) is 3.46. The molecule has 3 nitrogen and oxygen atoms in total. The van der Waals surface area contributed by atoms with Gasteiger partial charge in [0.25, 0.3) is 0 Å². The van der Waals surface area contributed by atoms with Crippen molar-refractivity contribution >= 4 is 22.5 Å². The van der Waals surface area contributed by atoms with E-state index in [0.29, 0.717) is 11.1 Å². The molecule has 4 rings (SSSR count). The van der Waals surface area contributed by atoms with Crippen molar-refractivity contribution in [2.45, 2.75) is 12.3 Å². The summed E-state index contributed by atoms with van der Waals surface area (Å²) >= 11 is 0. The minimum atomic E-state index is -0.531. The highest BCUT2D eigenvalue weighted by Gasteiger charge is 2.27. The van der Waals surface area contributed by atoms with Crippen LogP contribution in [0, 0.1) is 0 Å². The molecule has 0 spiro atoms. The monoisotopic (exact) mass is 353 g/mol. The number of benzene rings is 3. The van der Waals surface area contributed by atoms with E-state index < -0.39 is 5.92 Å². The van der Waals surface area contributed by atoms with Crippen molar-refractivity contribution in [2.75, 3.05) is 0 Å². The lowest BCUT2D eigenvalue weighted by Gasteiger charge is -2.15. The molecule has 3 aromatic carbocycles. The number of aromatic amines is 1. The molecule has 1 N–H and O–H groups in total. The molecule has 0 bridgehead atoms. The second-order valence-corrected chi connectivity index (χ2v) is 6.57. The van der Waals surface area contributed by atoms with E-state index in [9.17, 15) is 9.59 Å². The van der Waals surface area contributed by atoms with Crippen molar-refractivity contribution < 1.29 is 9.59 Å². The van der Waals surface area contributed by atoms with Gasteiger partial charge in [0.05, 0.1) is 5.92 Å². The fraction of sp³-hybridized carbons (Fsp3) is 0.0833. The van der Waals surface area contributed by atoms with Crippen LogP contribution < -0.4 is 0 Å². The Morgan fingerprint density at radius 2 is 1.33 bits per heavy atom. The van der Waals surface area contributed by atoms with Crippen LogP contribution in [0.4, 0.5) is 0 Å². The number of fused-ring (bicyclic) bond motifs is 1. The molecule has 1 aromatic heterocycles. The Morgan fingerprint density at radius 3 is 2.04 bits per heavy atom. The Morgan fingerprint density at radius 1 is 0.741 bits per heavy atom. The Kier molecular flexibility index (Phi) is 4.67. The van der Waals surface area contributed by atoms with E-state index in [4.69, 9.17) is 0 Å². The van der Waals surface area contributed by atoms with Crippen LogP contribution in [0.3, 0.4) is 0 Å². The average molecular weight is 353 g/mol. The summed E-state index contributed by atoms with van der Waals surface area (Å²) in [6, 6.07) is 26.2. The zero-order valence-corrected chi connectivity index (χ0v) is 14.8. The first-order valence-electron chi connectivity index (χ1n) is 8.97. The lowest BCUT2D eigenvalue weighted by molar-refractivity contribution is 0.0894. The van der Waals surface area contributed by atoms with E-state index in [1.807, 2.05) is 66.9 Å². The Labute approximate surface area is 157 Å². The van der Waals surface area contributed by atoms with Gasteiger partial charge in [-0.3, -0.25) is 9.59 Å². The Hall–Kier alpha value is -3.46. The van der Waals surface area contributed by atoms with E-state index in [1.54, 1.807) is 24.3 Å². The van der Waals surface area contributed by atoms with Crippen molar-refractivity contribution in [3.63, 3.8) is 0 Å². The maximum absolute atomic E-state index is 13.3. The van der Waals surface area contributed by atoms with Gasteiger partial charge in [-0.2, -0.15) is 0 Å². The molecule has 132 valence electrons. The number of rotatable bonds is 6. The van der Waals surface area contributed by atoms with Crippen molar-refractivity contribution in [2.24, 2.45) is 0 Å². The summed E-state index contributed by atoms with van der Waals surface area (Å²) in [6.45, 7) is 0. The number of carbonyl (C=O) groups is 2. The van der Waals surface area contributed by atoms with Crippen molar-refractivity contribution in [3.05, 3.63) is 108 Å². The molecule has 4 aromatic rings. The van der Waals surface area contributed by atoms with Gasteiger partial charge in [0.15, 0.2) is 11.6 Å². The van der Waals surface area contributed by atoms with Gasteiger partial charge in [-0.05, 0) is 11.6 Å². The summed E-state index contributed by atoms with van der Waals surface area (Å²) in [6.07, 6.45) is 1.99. The van der Waals surface area contributed by atoms with Gasteiger partial charge in [0, 0.05) is 34.6 Å². The van der Waals surface area contributed by atoms with Gasteiger partial charge in [-0.15, -0.1) is 0 Å². The third kappa shape index (κ3) is 3.44. The van der Waals surface area contributed by atoms with Crippen LogP contribution in [-0.2, 0) is 0 Å². The molecule has 0 saturated carbocycles. The van der Waals surface area contributed by atoms with Crippen molar-refractivity contribution in [1.82, 2.24) is 4.98 Å². The first-order chi connectivity index (χ1) is 13.2. The molecule has 0 radical (unpaired) electrons. The molecule has 27 heavy (non-hydrogen) atoms. The molecule has 3 heteroatoms. The van der Waals surface area contributed by atoms with Crippen molar-refractivity contribution in [3.8, 4) is 0 Å². The van der Waals surface area contributed by atoms with Gasteiger partial charge >= 0.3 is 0 Å².